The van der Waals surface area contributed by atoms with Gasteiger partial charge < -0.3 is 20.1 Å². The smallest absolute Gasteiger partial charge is 0.254 e. The van der Waals surface area contributed by atoms with Gasteiger partial charge >= 0.3 is 0 Å². The van der Waals surface area contributed by atoms with E-state index < -0.39 is 31.6 Å². The second-order valence-corrected chi connectivity index (χ2v) is 4.30. The zero-order chi connectivity index (χ0) is 14.7. The normalized spacial score (nSPS) is 16.2. The molecule has 0 saturated heterocycles. The summed E-state index contributed by atoms with van der Waals surface area (Å²) in [5, 5.41) is 37.6. The van der Waals surface area contributed by atoms with Crippen LogP contribution in [0.15, 0.2) is 16.9 Å². The molecule has 0 bridgehead atoms. The van der Waals surface area contributed by atoms with Gasteiger partial charge in [0, 0.05) is 6.07 Å². The fourth-order valence-electron chi connectivity index (χ4n) is 1.90. The van der Waals surface area contributed by atoms with Crippen molar-refractivity contribution in [2.45, 2.75) is 25.4 Å². The van der Waals surface area contributed by atoms with Gasteiger partial charge in [-0.05, 0) is 13.0 Å². The number of hydrogen-bond acceptors (Lipinski definition) is 7. The Labute approximate surface area is 113 Å². The molecule has 2 aromatic heterocycles. The van der Waals surface area contributed by atoms with Crippen LogP contribution in [0.4, 0.5) is 0 Å². The molecule has 9 nitrogen and oxygen atoms in total. The van der Waals surface area contributed by atoms with Crippen LogP contribution in [0.2, 0.25) is 0 Å². The van der Waals surface area contributed by atoms with Crippen LogP contribution in [-0.2, 0) is 4.74 Å². The van der Waals surface area contributed by atoms with Gasteiger partial charge in [0.1, 0.15) is 24.0 Å². The van der Waals surface area contributed by atoms with Crippen molar-refractivity contribution >= 4 is 11.2 Å². The van der Waals surface area contributed by atoms with Crippen LogP contribution in [0.5, 0.6) is 0 Å². The number of aromatic nitrogens is 4. The molecule has 9 heteroatoms. The number of ether oxygens (including phenoxy) is 1. The number of hydrogen-bond donors (Lipinski definition) is 4. The molecule has 0 aliphatic carbocycles. The Morgan fingerprint density at radius 3 is 2.80 bits per heavy atom. The van der Waals surface area contributed by atoms with Gasteiger partial charge in [-0.1, -0.05) is 5.21 Å². The van der Waals surface area contributed by atoms with Crippen LogP contribution < -0.4 is 5.56 Å². The quantitative estimate of drug-likeness (QED) is 0.500. The minimum absolute atomic E-state index is 0.306. The first-order valence-corrected chi connectivity index (χ1v) is 6.06. The lowest BCUT2D eigenvalue weighted by Crippen LogP contribution is -2.38. The van der Waals surface area contributed by atoms with Crippen molar-refractivity contribution in [3.63, 3.8) is 0 Å². The molecule has 20 heavy (non-hydrogen) atoms. The van der Waals surface area contributed by atoms with E-state index in [2.05, 4.69) is 15.4 Å². The third-order valence-corrected chi connectivity index (χ3v) is 2.95. The number of rotatable bonds is 6. The van der Waals surface area contributed by atoms with Gasteiger partial charge in [0.05, 0.1) is 13.2 Å². The molecule has 3 atom stereocenters. The van der Waals surface area contributed by atoms with Crippen LogP contribution in [0.3, 0.4) is 0 Å². The van der Waals surface area contributed by atoms with Crippen LogP contribution in [-0.4, -0.2) is 60.7 Å². The summed E-state index contributed by atoms with van der Waals surface area (Å²) < 4.78 is 6.66. The predicted molar refractivity (Wildman–Crippen MR) is 67.9 cm³/mol. The first-order chi connectivity index (χ1) is 9.58. The maximum Gasteiger partial charge on any atom is 0.254 e. The highest BCUT2D eigenvalue weighted by atomic mass is 16.5. The Bertz CT molecular complexity index is 625. The van der Waals surface area contributed by atoms with Crippen molar-refractivity contribution in [1.29, 1.82) is 0 Å². The summed E-state index contributed by atoms with van der Waals surface area (Å²) in [6.45, 7) is 0.527. The van der Waals surface area contributed by atoms with Crippen molar-refractivity contribution in [2.75, 3.05) is 13.2 Å². The number of nitrogens with zero attached hydrogens (tertiary/aromatic N) is 3. The molecule has 0 aliphatic heterocycles. The molecule has 0 fully saturated rings. The molecule has 110 valence electrons. The molecule has 2 heterocycles. The van der Waals surface area contributed by atoms with Crippen molar-refractivity contribution in [1.82, 2.24) is 20.0 Å². The summed E-state index contributed by atoms with van der Waals surface area (Å²) in [5.41, 5.74) is 0.512. The van der Waals surface area contributed by atoms with Crippen LogP contribution >= 0.6 is 0 Å². The molecule has 2 unspecified atom stereocenters. The van der Waals surface area contributed by atoms with Gasteiger partial charge in [-0.3, -0.25) is 14.5 Å². The zero-order valence-electron chi connectivity index (χ0n) is 10.8. The largest absolute Gasteiger partial charge is 0.394 e. The predicted octanol–water partition coefficient (Wildman–Crippen LogP) is -1.63. The molecule has 2 rings (SSSR count). The first-order valence-electron chi connectivity index (χ1n) is 6.06. The average molecular weight is 284 g/mol. The molecule has 0 spiro atoms. The summed E-state index contributed by atoms with van der Waals surface area (Å²) in [5.74, 6) is 0. The van der Waals surface area contributed by atoms with Crippen molar-refractivity contribution in [3.05, 3.63) is 22.5 Å². The monoisotopic (exact) mass is 284 g/mol. The summed E-state index contributed by atoms with van der Waals surface area (Å²) >= 11 is 0. The Hall–Kier alpha value is -1.81. The summed E-state index contributed by atoms with van der Waals surface area (Å²) in [7, 11) is 0. The third kappa shape index (κ3) is 2.70. The van der Waals surface area contributed by atoms with E-state index in [0.29, 0.717) is 11.2 Å². The van der Waals surface area contributed by atoms with E-state index in [0.717, 1.165) is 0 Å². The number of aliphatic hydroxyl groups excluding tert-OH is 3. The number of aliphatic hydroxyl groups is 3. The lowest BCUT2D eigenvalue weighted by atomic mass is 10.2. The van der Waals surface area contributed by atoms with Gasteiger partial charge in [-0.2, -0.15) is 0 Å². The van der Waals surface area contributed by atoms with Crippen LogP contribution in [0.1, 0.15) is 13.2 Å². The third-order valence-electron chi connectivity index (χ3n) is 2.95. The van der Waals surface area contributed by atoms with E-state index in [9.17, 15) is 9.90 Å². The second kappa shape index (κ2) is 6.09. The van der Waals surface area contributed by atoms with Crippen molar-refractivity contribution < 1.29 is 20.1 Å². The summed E-state index contributed by atoms with van der Waals surface area (Å²) in [6.07, 6.45) is -3.05. The number of aromatic amines is 1. The summed E-state index contributed by atoms with van der Waals surface area (Å²) in [4.78, 5) is 11.9. The molecular formula is C11H16N4O5. The van der Waals surface area contributed by atoms with Crippen molar-refractivity contribution in [2.24, 2.45) is 0 Å². The molecule has 0 aromatic carbocycles. The molecule has 0 radical (unpaired) electrons. The molecule has 4 N–H and O–H groups in total. The fourth-order valence-corrected chi connectivity index (χ4v) is 1.90. The molecule has 0 aliphatic rings. The first kappa shape index (κ1) is 14.6. The lowest BCUT2D eigenvalue weighted by Gasteiger charge is -2.25. The maximum absolute atomic E-state index is 11.9. The number of nitrogens with one attached hydrogen (secondary N) is 1. The highest BCUT2D eigenvalue weighted by Crippen LogP contribution is 2.15. The highest BCUT2D eigenvalue weighted by molar-refractivity contribution is 5.68. The molecule has 2 aromatic rings. The molecule has 0 saturated carbocycles. The minimum Gasteiger partial charge on any atom is -0.394 e. The van der Waals surface area contributed by atoms with E-state index in [-0.39, 0.29) is 5.56 Å². The van der Waals surface area contributed by atoms with Gasteiger partial charge in [-0.25, -0.2) is 0 Å². The number of pyridine rings is 1. The molecule has 0 amide bonds. The average Bonchev–Trinajstić information content (AvgIpc) is 2.91. The van der Waals surface area contributed by atoms with Crippen LogP contribution in [0.25, 0.3) is 11.2 Å². The number of fused-ring (bicyclic) bond motifs is 1. The van der Waals surface area contributed by atoms with E-state index in [1.807, 2.05) is 0 Å². The Balaban J connectivity index is 2.31. The Kier molecular flexibility index (Phi) is 4.45. The van der Waals surface area contributed by atoms with Gasteiger partial charge in [0.25, 0.3) is 5.56 Å². The SMILES string of the molecule is CC(O[C@H](CO)C(O)CO)n1c(=O)ccc2[nH]nnc21. The van der Waals surface area contributed by atoms with E-state index >= 15 is 0 Å². The Morgan fingerprint density at radius 1 is 1.40 bits per heavy atom. The van der Waals surface area contributed by atoms with E-state index in [1.165, 1.54) is 10.6 Å². The summed E-state index contributed by atoms with van der Waals surface area (Å²) in [6, 6.07) is 2.88. The van der Waals surface area contributed by atoms with Gasteiger partial charge in [0.15, 0.2) is 5.65 Å². The van der Waals surface area contributed by atoms with E-state index in [1.54, 1.807) is 13.0 Å². The Morgan fingerprint density at radius 2 is 2.15 bits per heavy atom. The van der Waals surface area contributed by atoms with Crippen molar-refractivity contribution in [3.8, 4) is 0 Å². The standard InChI is InChI=1S/C11H16N4O5/c1-6(20-9(5-17)8(18)4-16)15-10(19)3-2-7-11(15)13-14-12-7/h2-3,6,8-9,16-18H,4-5H2,1H3,(H,12,13,14)/t6?,8?,9-/m1/s1. The number of H-pyrrole nitrogens is 1. The van der Waals surface area contributed by atoms with Gasteiger partial charge in [0.2, 0.25) is 0 Å². The van der Waals surface area contributed by atoms with Crippen LogP contribution in [0, 0.1) is 0 Å². The fraction of sp³-hybridized carbons (Fsp3) is 0.545. The maximum atomic E-state index is 11.9. The van der Waals surface area contributed by atoms with Gasteiger partial charge in [-0.15, -0.1) is 5.10 Å². The lowest BCUT2D eigenvalue weighted by molar-refractivity contribution is -0.126. The molecular weight excluding hydrogens is 268 g/mol. The topological polar surface area (TPSA) is 133 Å². The second-order valence-electron chi connectivity index (χ2n) is 4.30. The van der Waals surface area contributed by atoms with E-state index in [4.69, 9.17) is 14.9 Å². The highest BCUT2D eigenvalue weighted by Gasteiger charge is 2.23. The minimum atomic E-state index is -1.24. The zero-order valence-corrected chi connectivity index (χ0v) is 10.8.